The molecule has 1 heterocycles. The Kier molecular flexibility index (Phi) is 4.34. The van der Waals surface area contributed by atoms with Crippen molar-refractivity contribution in [2.45, 2.75) is 31.5 Å². The van der Waals surface area contributed by atoms with E-state index in [2.05, 4.69) is 20.7 Å². The quantitative estimate of drug-likeness (QED) is 0.706. The summed E-state index contributed by atoms with van der Waals surface area (Å²) in [5.41, 5.74) is 2.08. The van der Waals surface area contributed by atoms with Crippen molar-refractivity contribution in [3.63, 3.8) is 0 Å². The smallest absolute Gasteiger partial charge is 0.315 e. The second kappa shape index (κ2) is 6.57. The molecule has 3 N–H and O–H groups in total. The number of carbonyl (C=O) groups is 1. The Morgan fingerprint density at radius 1 is 1.41 bits per heavy atom. The van der Waals surface area contributed by atoms with Crippen molar-refractivity contribution in [1.82, 2.24) is 25.4 Å². The molecule has 2 amide bonds. The lowest BCUT2D eigenvalue weighted by Crippen LogP contribution is -2.41. The van der Waals surface area contributed by atoms with Gasteiger partial charge in [-0.3, -0.25) is 4.68 Å². The number of rotatable bonds is 5. The highest BCUT2D eigenvalue weighted by Crippen LogP contribution is 2.30. The van der Waals surface area contributed by atoms with E-state index < -0.39 is 6.10 Å². The highest BCUT2D eigenvalue weighted by molar-refractivity contribution is 5.74. The van der Waals surface area contributed by atoms with Crippen molar-refractivity contribution in [2.75, 3.05) is 6.54 Å². The van der Waals surface area contributed by atoms with Gasteiger partial charge in [0.05, 0.1) is 12.1 Å². The van der Waals surface area contributed by atoms with Gasteiger partial charge in [0.25, 0.3) is 0 Å². The van der Waals surface area contributed by atoms with Crippen LogP contribution < -0.4 is 10.6 Å². The van der Waals surface area contributed by atoms with Gasteiger partial charge in [0, 0.05) is 19.5 Å². The van der Waals surface area contributed by atoms with Crippen LogP contribution in [-0.2, 0) is 13.0 Å². The lowest BCUT2D eigenvalue weighted by molar-refractivity contribution is 0.142. The second-order valence-electron chi connectivity index (χ2n) is 5.36. The van der Waals surface area contributed by atoms with Crippen LogP contribution in [0, 0.1) is 0 Å². The Bertz CT molecular complexity index is 629. The first-order chi connectivity index (χ1) is 10.7. The molecule has 116 valence electrons. The molecule has 22 heavy (non-hydrogen) atoms. The molecule has 7 heteroatoms. The fraction of sp³-hybridized carbons (Fsp3) is 0.400. The minimum absolute atomic E-state index is 0.264. The van der Waals surface area contributed by atoms with Crippen molar-refractivity contribution < 1.29 is 9.90 Å². The van der Waals surface area contributed by atoms with Gasteiger partial charge in [0.1, 0.15) is 12.7 Å². The Balaban J connectivity index is 1.46. The van der Waals surface area contributed by atoms with Crippen LogP contribution in [0.4, 0.5) is 4.79 Å². The van der Waals surface area contributed by atoms with E-state index in [1.54, 1.807) is 11.0 Å². The van der Waals surface area contributed by atoms with Crippen LogP contribution in [0.15, 0.2) is 36.9 Å². The molecule has 0 saturated carbocycles. The number of aliphatic hydroxyl groups excluding tert-OH is 1. The Hall–Kier alpha value is -2.41. The normalized spacial score (nSPS) is 19.7. The molecule has 1 aliphatic rings. The number of carbonyl (C=O) groups excluding carboxylic acids is 1. The maximum atomic E-state index is 11.9. The minimum Gasteiger partial charge on any atom is -0.390 e. The number of fused-ring (bicyclic) bond motifs is 1. The topological polar surface area (TPSA) is 92.1 Å². The van der Waals surface area contributed by atoms with Gasteiger partial charge in [-0.25, -0.2) is 9.78 Å². The number of amides is 2. The van der Waals surface area contributed by atoms with E-state index in [9.17, 15) is 9.90 Å². The molecule has 0 fully saturated rings. The summed E-state index contributed by atoms with van der Waals surface area (Å²) in [6.45, 7) is 1.24. The van der Waals surface area contributed by atoms with E-state index in [0.717, 1.165) is 17.5 Å². The monoisotopic (exact) mass is 301 g/mol. The number of nitrogens with zero attached hydrogens (tertiary/aromatic N) is 3. The van der Waals surface area contributed by atoms with Crippen molar-refractivity contribution >= 4 is 6.03 Å². The van der Waals surface area contributed by atoms with Gasteiger partial charge < -0.3 is 15.7 Å². The van der Waals surface area contributed by atoms with Crippen LogP contribution >= 0.6 is 0 Å². The summed E-state index contributed by atoms with van der Waals surface area (Å²) in [6.07, 6.45) is 3.90. The number of aliphatic hydroxyl groups is 1. The van der Waals surface area contributed by atoms with Gasteiger partial charge >= 0.3 is 6.03 Å². The fourth-order valence-corrected chi connectivity index (χ4v) is 2.73. The largest absolute Gasteiger partial charge is 0.390 e. The molecule has 3 rings (SSSR count). The molecule has 0 radical (unpaired) electrons. The molecule has 0 saturated heterocycles. The zero-order valence-electron chi connectivity index (χ0n) is 12.1. The number of hydrogen-bond donors (Lipinski definition) is 3. The highest BCUT2D eigenvalue weighted by Gasteiger charge is 2.31. The third-order valence-corrected chi connectivity index (χ3v) is 3.81. The van der Waals surface area contributed by atoms with Crippen LogP contribution in [0.1, 0.15) is 23.6 Å². The highest BCUT2D eigenvalue weighted by atomic mass is 16.3. The number of nitrogens with one attached hydrogen (secondary N) is 2. The van der Waals surface area contributed by atoms with E-state index in [-0.39, 0.29) is 12.1 Å². The molecule has 1 aliphatic carbocycles. The van der Waals surface area contributed by atoms with Crippen LogP contribution in [0.25, 0.3) is 0 Å². The summed E-state index contributed by atoms with van der Waals surface area (Å²) >= 11 is 0. The van der Waals surface area contributed by atoms with Crippen LogP contribution in [0.3, 0.4) is 0 Å². The number of urea groups is 1. The minimum atomic E-state index is -0.571. The third-order valence-electron chi connectivity index (χ3n) is 3.81. The van der Waals surface area contributed by atoms with Crippen LogP contribution in [-0.4, -0.2) is 38.6 Å². The van der Waals surface area contributed by atoms with Gasteiger partial charge in [0.15, 0.2) is 0 Å². The van der Waals surface area contributed by atoms with E-state index in [1.165, 1.54) is 6.33 Å². The summed E-state index contributed by atoms with van der Waals surface area (Å²) in [6, 6.07) is 7.18. The molecule has 1 aromatic heterocycles. The summed E-state index contributed by atoms with van der Waals surface area (Å²) in [7, 11) is 0. The number of aromatic nitrogens is 3. The first kappa shape index (κ1) is 14.5. The summed E-state index contributed by atoms with van der Waals surface area (Å²) in [5, 5.41) is 19.7. The van der Waals surface area contributed by atoms with Crippen molar-refractivity contribution in [3.8, 4) is 0 Å². The average Bonchev–Trinajstić information content (AvgIpc) is 3.13. The number of aryl methyl sites for hydroxylation is 1. The summed E-state index contributed by atoms with van der Waals surface area (Å²) in [4.78, 5) is 15.8. The van der Waals surface area contributed by atoms with Crippen molar-refractivity contribution in [3.05, 3.63) is 48.0 Å². The fourth-order valence-electron chi connectivity index (χ4n) is 2.73. The molecule has 1 aromatic carbocycles. The number of hydrogen-bond acceptors (Lipinski definition) is 4. The summed E-state index contributed by atoms with van der Waals surface area (Å²) in [5.74, 6) is 0. The molecule has 2 aromatic rings. The van der Waals surface area contributed by atoms with E-state index >= 15 is 0 Å². The van der Waals surface area contributed by atoms with Gasteiger partial charge in [0.2, 0.25) is 0 Å². The predicted molar refractivity (Wildman–Crippen MR) is 80.1 cm³/mol. The number of benzene rings is 1. The zero-order chi connectivity index (χ0) is 15.4. The van der Waals surface area contributed by atoms with E-state index in [1.807, 2.05) is 24.3 Å². The average molecular weight is 301 g/mol. The van der Waals surface area contributed by atoms with Crippen molar-refractivity contribution in [1.29, 1.82) is 0 Å². The SMILES string of the molecule is O=C(NCCCn1cncn1)N[C@H]1c2ccccc2C[C@H]1O. The maximum Gasteiger partial charge on any atom is 0.315 e. The molecule has 0 bridgehead atoms. The standard InChI is InChI=1S/C15H19N5O2/c21-13-8-11-4-1-2-5-12(11)14(13)19-15(22)17-6-3-7-20-10-16-9-18-20/h1-2,4-5,9-10,13-14,21H,3,6-8H2,(H2,17,19,22)/t13-,14+/m1/s1. The lowest BCUT2D eigenvalue weighted by Gasteiger charge is -2.18. The Morgan fingerprint density at radius 2 is 2.27 bits per heavy atom. The predicted octanol–water partition coefficient (Wildman–Crippen LogP) is 0.626. The molecule has 2 atom stereocenters. The molecule has 7 nitrogen and oxygen atoms in total. The third kappa shape index (κ3) is 3.25. The van der Waals surface area contributed by atoms with Gasteiger partial charge in [-0.2, -0.15) is 5.10 Å². The molecule has 0 spiro atoms. The first-order valence-electron chi connectivity index (χ1n) is 7.36. The molecular weight excluding hydrogens is 282 g/mol. The van der Waals surface area contributed by atoms with Crippen molar-refractivity contribution in [2.24, 2.45) is 0 Å². The maximum absolute atomic E-state index is 11.9. The Morgan fingerprint density at radius 3 is 3.09 bits per heavy atom. The van der Waals surface area contributed by atoms with Gasteiger partial charge in [-0.15, -0.1) is 0 Å². The van der Waals surface area contributed by atoms with E-state index in [0.29, 0.717) is 19.5 Å². The van der Waals surface area contributed by atoms with Gasteiger partial charge in [-0.1, -0.05) is 24.3 Å². The molecule has 0 aliphatic heterocycles. The molecular formula is C15H19N5O2. The van der Waals surface area contributed by atoms with Gasteiger partial charge in [-0.05, 0) is 17.5 Å². The molecule has 0 unspecified atom stereocenters. The van der Waals surface area contributed by atoms with Crippen LogP contribution in [0.2, 0.25) is 0 Å². The zero-order valence-corrected chi connectivity index (χ0v) is 12.1. The summed E-state index contributed by atoms with van der Waals surface area (Å²) < 4.78 is 1.72. The Labute approximate surface area is 128 Å². The van der Waals surface area contributed by atoms with Crippen LogP contribution in [0.5, 0.6) is 0 Å². The lowest BCUT2D eigenvalue weighted by atomic mass is 10.1. The second-order valence-corrected chi connectivity index (χ2v) is 5.36. The first-order valence-corrected chi connectivity index (χ1v) is 7.36. The van der Waals surface area contributed by atoms with E-state index in [4.69, 9.17) is 0 Å².